The van der Waals surface area contributed by atoms with Crippen LogP contribution in [0.3, 0.4) is 0 Å². The lowest BCUT2D eigenvalue weighted by Gasteiger charge is -2.24. The number of nitrogens with zero attached hydrogens (tertiary/aromatic N) is 2. The van der Waals surface area contributed by atoms with E-state index in [4.69, 9.17) is 0 Å². The van der Waals surface area contributed by atoms with Gasteiger partial charge in [0.1, 0.15) is 18.2 Å². The van der Waals surface area contributed by atoms with Crippen LogP contribution >= 0.6 is 0 Å². The normalized spacial score (nSPS) is 15.1. The molecule has 0 fully saturated rings. The molecule has 0 aliphatic carbocycles. The second kappa shape index (κ2) is 4.99. The van der Waals surface area contributed by atoms with Gasteiger partial charge in [-0.15, -0.1) is 0 Å². The van der Waals surface area contributed by atoms with Crippen molar-refractivity contribution in [1.29, 1.82) is 0 Å². The van der Waals surface area contributed by atoms with E-state index in [-0.39, 0.29) is 23.5 Å². The predicted octanol–water partition coefficient (Wildman–Crippen LogP) is 2.15. The Balaban J connectivity index is 2.48. The maximum atomic E-state index is 10.1. The lowest BCUT2D eigenvalue weighted by Crippen LogP contribution is -2.36. The van der Waals surface area contributed by atoms with E-state index in [1.807, 2.05) is 19.9 Å². The smallest absolute Gasteiger partial charge is 0.161 e. The summed E-state index contributed by atoms with van der Waals surface area (Å²) in [5, 5.41) is 24.2. The number of aromatic hydroxyl groups is 2. The standard InChI is InChI=1S/C14H21N3O2/c1-8(2)10-5-11(13(19)6-12(10)18)14-16-15-7-17(14)9(3)4/h5-6,8-9,15,18-19H,7H2,1-4H3. The molecule has 0 amide bonds. The third-order valence-electron chi connectivity index (χ3n) is 3.33. The largest absolute Gasteiger partial charge is 0.508 e. The third-order valence-corrected chi connectivity index (χ3v) is 3.33. The minimum Gasteiger partial charge on any atom is -0.508 e. The molecule has 0 atom stereocenters. The number of nitrogens with one attached hydrogen (secondary N) is 1. The molecule has 1 aromatic rings. The number of hydrogen-bond donors (Lipinski definition) is 3. The first-order chi connectivity index (χ1) is 8.91. The molecule has 3 N–H and O–H groups in total. The van der Waals surface area contributed by atoms with Crippen molar-refractivity contribution in [2.24, 2.45) is 5.10 Å². The average molecular weight is 263 g/mol. The summed E-state index contributed by atoms with van der Waals surface area (Å²) in [7, 11) is 0. The Morgan fingerprint density at radius 1 is 1.16 bits per heavy atom. The van der Waals surface area contributed by atoms with Crippen LogP contribution in [-0.2, 0) is 0 Å². The zero-order chi connectivity index (χ0) is 14.2. The summed E-state index contributed by atoms with van der Waals surface area (Å²) in [6.07, 6.45) is 0. The maximum absolute atomic E-state index is 10.1. The molecular formula is C14H21N3O2. The van der Waals surface area contributed by atoms with Gasteiger partial charge in [-0.1, -0.05) is 13.8 Å². The lowest BCUT2D eigenvalue weighted by molar-refractivity contribution is 0.356. The van der Waals surface area contributed by atoms with Gasteiger partial charge in [0.25, 0.3) is 0 Å². The van der Waals surface area contributed by atoms with E-state index in [1.54, 1.807) is 0 Å². The van der Waals surface area contributed by atoms with Crippen LogP contribution in [0.2, 0.25) is 0 Å². The third kappa shape index (κ3) is 2.45. The summed E-state index contributed by atoms with van der Waals surface area (Å²) in [4.78, 5) is 2.07. The van der Waals surface area contributed by atoms with Gasteiger partial charge in [0.05, 0.1) is 5.56 Å². The van der Waals surface area contributed by atoms with Gasteiger partial charge in [-0.3, -0.25) is 5.43 Å². The number of hydrogen-bond acceptors (Lipinski definition) is 5. The molecule has 0 radical (unpaired) electrons. The average Bonchev–Trinajstić information content (AvgIpc) is 2.77. The molecule has 0 unspecified atom stereocenters. The highest BCUT2D eigenvalue weighted by Gasteiger charge is 2.25. The highest BCUT2D eigenvalue weighted by Crippen LogP contribution is 2.33. The summed E-state index contributed by atoms with van der Waals surface area (Å²) >= 11 is 0. The number of benzene rings is 1. The van der Waals surface area contributed by atoms with E-state index < -0.39 is 0 Å². The van der Waals surface area contributed by atoms with Gasteiger partial charge in [-0.2, -0.15) is 5.10 Å². The Kier molecular flexibility index (Phi) is 3.55. The van der Waals surface area contributed by atoms with Crippen molar-refractivity contribution in [2.45, 2.75) is 39.7 Å². The molecule has 19 heavy (non-hydrogen) atoms. The fraction of sp³-hybridized carbons (Fsp3) is 0.500. The summed E-state index contributed by atoms with van der Waals surface area (Å²) in [5.41, 5.74) is 4.40. The van der Waals surface area contributed by atoms with Crippen LogP contribution in [-0.4, -0.2) is 33.7 Å². The second-order valence-corrected chi connectivity index (χ2v) is 5.40. The molecule has 0 aromatic heterocycles. The number of rotatable bonds is 3. The van der Waals surface area contributed by atoms with Crippen molar-refractivity contribution >= 4 is 5.84 Å². The van der Waals surface area contributed by atoms with E-state index in [1.165, 1.54) is 6.07 Å². The van der Waals surface area contributed by atoms with Crippen molar-refractivity contribution in [3.63, 3.8) is 0 Å². The second-order valence-electron chi connectivity index (χ2n) is 5.40. The van der Waals surface area contributed by atoms with Gasteiger partial charge in [0, 0.05) is 12.1 Å². The number of phenolic OH excluding ortho intramolecular Hbond substituents is 2. The van der Waals surface area contributed by atoms with Crippen LogP contribution in [0.5, 0.6) is 11.5 Å². The summed E-state index contributed by atoms with van der Waals surface area (Å²) < 4.78 is 0. The molecule has 0 saturated heterocycles. The molecule has 1 heterocycles. The molecule has 1 aliphatic rings. The van der Waals surface area contributed by atoms with Crippen molar-refractivity contribution in [3.05, 3.63) is 23.3 Å². The van der Waals surface area contributed by atoms with Gasteiger partial charge >= 0.3 is 0 Å². The Morgan fingerprint density at radius 2 is 1.84 bits per heavy atom. The molecule has 5 nitrogen and oxygen atoms in total. The molecule has 104 valence electrons. The lowest BCUT2D eigenvalue weighted by atomic mass is 9.98. The molecule has 0 bridgehead atoms. The zero-order valence-electron chi connectivity index (χ0n) is 11.8. The van der Waals surface area contributed by atoms with Crippen molar-refractivity contribution in [2.75, 3.05) is 6.67 Å². The van der Waals surface area contributed by atoms with Crippen LogP contribution < -0.4 is 5.43 Å². The van der Waals surface area contributed by atoms with Gasteiger partial charge in [0.2, 0.25) is 0 Å². The van der Waals surface area contributed by atoms with Gasteiger partial charge < -0.3 is 15.1 Å². The molecule has 1 aliphatic heterocycles. The zero-order valence-corrected chi connectivity index (χ0v) is 11.8. The van der Waals surface area contributed by atoms with E-state index in [2.05, 4.69) is 29.3 Å². The first kappa shape index (κ1) is 13.5. The Bertz CT molecular complexity index is 510. The minimum atomic E-state index is 0.0509. The van der Waals surface area contributed by atoms with E-state index >= 15 is 0 Å². The van der Waals surface area contributed by atoms with E-state index in [0.29, 0.717) is 12.2 Å². The van der Waals surface area contributed by atoms with Crippen molar-refractivity contribution in [1.82, 2.24) is 10.3 Å². The van der Waals surface area contributed by atoms with Crippen LogP contribution in [0.1, 0.15) is 44.7 Å². The fourth-order valence-electron chi connectivity index (χ4n) is 2.20. The van der Waals surface area contributed by atoms with Crippen molar-refractivity contribution < 1.29 is 10.2 Å². The van der Waals surface area contributed by atoms with Gasteiger partial charge in [0.15, 0.2) is 5.84 Å². The molecular weight excluding hydrogens is 242 g/mol. The monoisotopic (exact) mass is 263 g/mol. The van der Waals surface area contributed by atoms with Crippen molar-refractivity contribution in [3.8, 4) is 11.5 Å². The number of phenols is 2. The van der Waals surface area contributed by atoms with Gasteiger partial charge in [-0.25, -0.2) is 0 Å². The van der Waals surface area contributed by atoms with Crippen LogP contribution in [0.25, 0.3) is 0 Å². The van der Waals surface area contributed by atoms with Crippen LogP contribution in [0, 0.1) is 0 Å². The summed E-state index contributed by atoms with van der Waals surface area (Å²) in [5.74, 6) is 1.07. The Labute approximate surface area is 113 Å². The van der Waals surface area contributed by atoms with Crippen LogP contribution in [0.4, 0.5) is 0 Å². The number of hydrazone groups is 1. The Morgan fingerprint density at radius 3 is 2.42 bits per heavy atom. The first-order valence-electron chi connectivity index (χ1n) is 6.55. The Hall–Kier alpha value is -1.91. The minimum absolute atomic E-state index is 0.0509. The topological polar surface area (TPSA) is 68.1 Å². The quantitative estimate of drug-likeness (QED) is 0.781. The fourth-order valence-corrected chi connectivity index (χ4v) is 2.20. The molecule has 0 spiro atoms. The highest BCUT2D eigenvalue weighted by atomic mass is 16.3. The number of amidine groups is 1. The van der Waals surface area contributed by atoms with E-state index in [0.717, 1.165) is 11.4 Å². The molecule has 1 aromatic carbocycles. The highest BCUT2D eigenvalue weighted by molar-refractivity contribution is 6.02. The van der Waals surface area contributed by atoms with Gasteiger partial charge in [-0.05, 0) is 31.4 Å². The molecule has 5 heteroatoms. The van der Waals surface area contributed by atoms with E-state index in [9.17, 15) is 10.2 Å². The molecule has 2 rings (SSSR count). The van der Waals surface area contributed by atoms with Crippen LogP contribution in [0.15, 0.2) is 17.2 Å². The molecule has 0 saturated carbocycles. The first-order valence-corrected chi connectivity index (χ1v) is 6.55. The SMILES string of the molecule is CC(C)c1cc(C2=NNCN2C(C)C)c(O)cc1O. The predicted molar refractivity (Wildman–Crippen MR) is 75.4 cm³/mol. The summed E-state index contributed by atoms with van der Waals surface area (Å²) in [6.45, 7) is 8.78. The maximum Gasteiger partial charge on any atom is 0.161 e. The summed E-state index contributed by atoms with van der Waals surface area (Å²) in [6, 6.07) is 3.49.